The molecule has 0 heterocycles. The van der Waals surface area contributed by atoms with Crippen molar-refractivity contribution in [2.45, 2.75) is 26.3 Å². The van der Waals surface area contributed by atoms with Crippen molar-refractivity contribution in [1.82, 2.24) is 0 Å². The van der Waals surface area contributed by atoms with Crippen molar-refractivity contribution in [3.63, 3.8) is 0 Å². The van der Waals surface area contributed by atoms with E-state index in [9.17, 15) is 0 Å². The highest BCUT2D eigenvalue weighted by Gasteiger charge is 1.86. The van der Waals surface area contributed by atoms with Gasteiger partial charge in [-0.3, -0.25) is 0 Å². The standard InChI is InChI=1S/C7H18O2Si/c1-3-4-5-8-6-7-9-10-2/h3-7,10H2,1-2H3. The molecule has 3 heteroatoms. The summed E-state index contributed by atoms with van der Waals surface area (Å²) in [7, 11) is -0.205. The van der Waals surface area contributed by atoms with Gasteiger partial charge in [-0.25, -0.2) is 0 Å². The molecule has 0 aromatic heterocycles. The Hall–Kier alpha value is 0.137. The highest BCUT2D eigenvalue weighted by atomic mass is 28.2. The van der Waals surface area contributed by atoms with E-state index in [0.29, 0.717) is 0 Å². The van der Waals surface area contributed by atoms with Crippen LogP contribution >= 0.6 is 0 Å². The molecule has 0 aromatic rings. The topological polar surface area (TPSA) is 18.5 Å². The highest BCUT2D eigenvalue weighted by molar-refractivity contribution is 6.24. The van der Waals surface area contributed by atoms with E-state index in [2.05, 4.69) is 13.5 Å². The van der Waals surface area contributed by atoms with Crippen LogP contribution < -0.4 is 0 Å². The van der Waals surface area contributed by atoms with Gasteiger partial charge in [0.15, 0.2) is 9.76 Å². The van der Waals surface area contributed by atoms with E-state index in [1.807, 2.05) is 0 Å². The number of hydrogen-bond acceptors (Lipinski definition) is 2. The van der Waals surface area contributed by atoms with Crippen LogP contribution in [0.3, 0.4) is 0 Å². The Bertz CT molecular complexity index is 51.6. The Kier molecular flexibility index (Phi) is 9.26. The second-order valence-electron chi connectivity index (χ2n) is 2.16. The number of rotatable bonds is 7. The minimum atomic E-state index is -0.205. The first kappa shape index (κ1) is 10.1. The largest absolute Gasteiger partial charge is 0.422 e. The van der Waals surface area contributed by atoms with Crippen molar-refractivity contribution in [1.29, 1.82) is 0 Å². The van der Waals surface area contributed by atoms with E-state index < -0.39 is 0 Å². The molecular formula is C7H18O2Si. The lowest BCUT2D eigenvalue weighted by atomic mass is 10.4. The molecule has 0 aliphatic heterocycles. The number of hydrogen-bond donors (Lipinski definition) is 0. The zero-order chi connectivity index (χ0) is 7.66. The maximum Gasteiger partial charge on any atom is 0.158 e. The average molecular weight is 162 g/mol. The van der Waals surface area contributed by atoms with E-state index in [1.54, 1.807) is 0 Å². The first-order valence-electron chi connectivity index (χ1n) is 4.07. The summed E-state index contributed by atoms with van der Waals surface area (Å²) in [6.45, 7) is 6.77. The molecule has 10 heavy (non-hydrogen) atoms. The first-order valence-corrected chi connectivity index (χ1v) is 6.06. The van der Waals surface area contributed by atoms with Crippen LogP contribution in [0.1, 0.15) is 19.8 Å². The van der Waals surface area contributed by atoms with Crippen LogP contribution in [0.5, 0.6) is 0 Å². The second kappa shape index (κ2) is 9.14. The molecule has 0 aliphatic carbocycles. The third kappa shape index (κ3) is 8.14. The minimum absolute atomic E-state index is 0.205. The van der Waals surface area contributed by atoms with Gasteiger partial charge >= 0.3 is 0 Å². The second-order valence-corrected chi connectivity index (χ2v) is 3.15. The monoisotopic (exact) mass is 162 g/mol. The summed E-state index contributed by atoms with van der Waals surface area (Å²) in [4.78, 5) is 0. The average Bonchev–Trinajstić information content (AvgIpc) is 1.97. The van der Waals surface area contributed by atoms with Crippen molar-refractivity contribution in [2.24, 2.45) is 0 Å². The van der Waals surface area contributed by atoms with Gasteiger partial charge in [0.2, 0.25) is 0 Å². The molecule has 2 nitrogen and oxygen atoms in total. The fourth-order valence-corrected chi connectivity index (χ4v) is 1.02. The highest BCUT2D eigenvalue weighted by Crippen LogP contribution is 1.87. The maximum atomic E-state index is 5.27. The van der Waals surface area contributed by atoms with Crippen molar-refractivity contribution < 1.29 is 9.16 Å². The predicted molar refractivity (Wildman–Crippen MR) is 46.1 cm³/mol. The molecule has 0 bridgehead atoms. The third-order valence-corrected chi connectivity index (χ3v) is 1.92. The van der Waals surface area contributed by atoms with E-state index in [0.717, 1.165) is 19.8 Å². The molecule has 0 saturated heterocycles. The lowest BCUT2D eigenvalue weighted by molar-refractivity contribution is 0.0998. The molecule has 0 atom stereocenters. The van der Waals surface area contributed by atoms with Crippen LogP contribution in [-0.4, -0.2) is 29.6 Å². The molecule has 0 saturated carbocycles. The third-order valence-electron chi connectivity index (χ3n) is 1.22. The summed E-state index contributed by atoms with van der Waals surface area (Å²) < 4.78 is 10.5. The summed E-state index contributed by atoms with van der Waals surface area (Å²) >= 11 is 0. The summed E-state index contributed by atoms with van der Waals surface area (Å²) in [5.74, 6) is 0. The van der Waals surface area contributed by atoms with Crippen LogP contribution in [0.2, 0.25) is 6.55 Å². The smallest absolute Gasteiger partial charge is 0.158 e. The molecule has 0 unspecified atom stereocenters. The zero-order valence-electron chi connectivity index (χ0n) is 7.06. The van der Waals surface area contributed by atoms with Gasteiger partial charge < -0.3 is 9.16 Å². The summed E-state index contributed by atoms with van der Waals surface area (Å²) in [6, 6.07) is 0. The van der Waals surface area contributed by atoms with Crippen LogP contribution in [0.4, 0.5) is 0 Å². The lowest BCUT2D eigenvalue weighted by Crippen LogP contribution is -2.05. The molecule has 0 amide bonds. The fraction of sp³-hybridized carbons (Fsp3) is 1.00. The Balaban J connectivity index is 2.65. The molecule has 0 radical (unpaired) electrons. The van der Waals surface area contributed by atoms with Gasteiger partial charge in [-0.05, 0) is 6.42 Å². The lowest BCUT2D eigenvalue weighted by Gasteiger charge is -2.02. The van der Waals surface area contributed by atoms with Gasteiger partial charge in [-0.15, -0.1) is 0 Å². The Morgan fingerprint density at radius 1 is 1.20 bits per heavy atom. The van der Waals surface area contributed by atoms with Gasteiger partial charge in [-0.1, -0.05) is 19.9 Å². The van der Waals surface area contributed by atoms with Crippen molar-refractivity contribution in [3.05, 3.63) is 0 Å². The maximum absolute atomic E-state index is 5.27. The van der Waals surface area contributed by atoms with Crippen LogP contribution in [0.15, 0.2) is 0 Å². The van der Waals surface area contributed by atoms with Crippen molar-refractivity contribution in [3.8, 4) is 0 Å². The van der Waals surface area contributed by atoms with Crippen molar-refractivity contribution >= 4 is 9.76 Å². The quantitative estimate of drug-likeness (QED) is 0.410. The molecule has 0 aromatic carbocycles. The van der Waals surface area contributed by atoms with Crippen LogP contribution in [-0.2, 0) is 9.16 Å². The summed E-state index contributed by atoms with van der Waals surface area (Å²) in [5, 5.41) is 0. The Morgan fingerprint density at radius 3 is 2.60 bits per heavy atom. The van der Waals surface area contributed by atoms with Gasteiger partial charge in [0.1, 0.15) is 0 Å². The Labute approximate surface area is 65.9 Å². The Morgan fingerprint density at radius 2 is 2.00 bits per heavy atom. The fourth-order valence-electron chi connectivity index (χ4n) is 0.611. The van der Waals surface area contributed by atoms with Gasteiger partial charge in [0.25, 0.3) is 0 Å². The van der Waals surface area contributed by atoms with Gasteiger partial charge in [-0.2, -0.15) is 0 Å². The van der Waals surface area contributed by atoms with Crippen molar-refractivity contribution in [2.75, 3.05) is 19.8 Å². The SMILES string of the molecule is CCCCOCCO[SiH2]C. The first-order chi connectivity index (χ1) is 4.91. The zero-order valence-corrected chi connectivity index (χ0v) is 8.47. The molecule has 0 rings (SSSR count). The van der Waals surface area contributed by atoms with E-state index in [4.69, 9.17) is 9.16 Å². The van der Waals surface area contributed by atoms with Crippen LogP contribution in [0.25, 0.3) is 0 Å². The van der Waals surface area contributed by atoms with E-state index >= 15 is 0 Å². The molecule has 0 N–H and O–H groups in total. The van der Waals surface area contributed by atoms with Gasteiger partial charge in [0.05, 0.1) is 13.2 Å². The van der Waals surface area contributed by atoms with E-state index in [1.165, 1.54) is 12.8 Å². The molecule has 0 fully saturated rings. The molecule has 0 spiro atoms. The molecular weight excluding hydrogens is 144 g/mol. The number of unbranched alkanes of at least 4 members (excludes halogenated alkanes) is 1. The summed E-state index contributed by atoms with van der Waals surface area (Å²) in [5.41, 5.74) is 0. The van der Waals surface area contributed by atoms with Gasteiger partial charge in [0, 0.05) is 6.61 Å². The summed E-state index contributed by atoms with van der Waals surface area (Å²) in [6.07, 6.45) is 2.38. The normalized spacial score (nSPS) is 11.4. The number of ether oxygens (including phenoxy) is 1. The molecule has 0 aliphatic rings. The minimum Gasteiger partial charge on any atom is -0.422 e. The predicted octanol–water partition coefficient (Wildman–Crippen LogP) is 0.952. The van der Waals surface area contributed by atoms with E-state index in [-0.39, 0.29) is 9.76 Å². The van der Waals surface area contributed by atoms with Crippen LogP contribution in [0, 0.1) is 0 Å². The molecule has 62 valence electrons.